The SMILES string of the molecule is O=C(/C=C/c1cccc2cccnc12)Nc1cccc(C2SCCCS2)c1. The number of carbonyl (C=O) groups excluding carboxylic acids is 1. The molecule has 0 aliphatic carbocycles. The van der Waals surface area contributed by atoms with Crippen LogP contribution < -0.4 is 5.32 Å². The van der Waals surface area contributed by atoms with Gasteiger partial charge in [-0.25, -0.2) is 0 Å². The number of anilines is 1. The predicted molar refractivity (Wildman–Crippen MR) is 118 cm³/mol. The molecule has 1 saturated heterocycles. The third kappa shape index (κ3) is 4.54. The van der Waals surface area contributed by atoms with Crippen molar-refractivity contribution in [3.8, 4) is 0 Å². The number of aromatic nitrogens is 1. The van der Waals surface area contributed by atoms with Gasteiger partial charge in [-0.2, -0.15) is 0 Å². The number of hydrogen-bond acceptors (Lipinski definition) is 4. The Morgan fingerprint density at radius 3 is 2.78 bits per heavy atom. The Hall–Kier alpha value is -2.24. The van der Waals surface area contributed by atoms with Crippen LogP contribution in [0.4, 0.5) is 5.69 Å². The Labute approximate surface area is 167 Å². The third-order valence-corrected chi connectivity index (χ3v) is 7.35. The van der Waals surface area contributed by atoms with Crippen molar-refractivity contribution in [3.05, 3.63) is 78.0 Å². The van der Waals surface area contributed by atoms with Gasteiger partial charge in [0.2, 0.25) is 5.91 Å². The first kappa shape index (κ1) is 18.1. The molecular formula is C22H20N2OS2. The van der Waals surface area contributed by atoms with Crippen molar-refractivity contribution < 1.29 is 4.79 Å². The van der Waals surface area contributed by atoms with E-state index in [2.05, 4.69) is 22.4 Å². The molecule has 1 aliphatic heterocycles. The first-order chi connectivity index (χ1) is 13.3. The van der Waals surface area contributed by atoms with E-state index in [4.69, 9.17) is 0 Å². The van der Waals surface area contributed by atoms with Gasteiger partial charge in [-0.05, 0) is 47.8 Å². The average Bonchev–Trinajstić information content (AvgIpc) is 2.73. The largest absolute Gasteiger partial charge is 0.323 e. The lowest BCUT2D eigenvalue weighted by Gasteiger charge is -2.21. The van der Waals surface area contributed by atoms with Gasteiger partial charge < -0.3 is 5.32 Å². The van der Waals surface area contributed by atoms with E-state index in [1.54, 1.807) is 12.3 Å². The minimum Gasteiger partial charge on any atom is -0.323 e. The van der Waals surface area contributed by atoms with Crippen LogP contribution >= 0.6 is 23.5 Å². The van der Waals surface area contributed by atoms with E-state index in [1.165, 1.54) is 23.5 Å². The summed E-state index contributed by atoms with van der Waals surface area (Å²) in [4.78, 5) is 16.8. The summed E-state index contributed by atoms with van der Waals surface area (Å²) in [6.45, 7) is 0. The molecular weight excluding hydrogens is 372 g/mol. The number of para-hydroxylation sites is 1. The highest BCUT2D eigenvalue weighted by molar-refractivity contribution is 8.16. The second-order valence-corrected chi connectivity index (χ2v) is 9.02. The van der Waals surface area contributed by atoms with Crippen molar-refractivity contribution >= 4 is 52.1 Å². The van der Waals surface area contributed by atoms with Crippen molar-refractivity contribution in [3.63, 3.8) is 0 Å². The minimum absolute atomic E-state index is 0.135. The molecule has 3 aromatic rings. The van der Waals surface area contributed by atoms with Crippen molar-refractivity contribution in [2.24, 2.45) is 0 Å². The Morgan fingerprint density at radius 1 is 1.07 bits per heavy atom. The zero-order valence-corrected chi connectivity index (χ0v) is 16.4. The molecule has 1 N–H and O–H groups in total. The van der Waals surface area contributed by atoms with Gasteiger partial charge in [-0.1, -0.05) is 36.4 Å². The summed E-state index contributed by atoms with van der Waals surface area (Å²) in [5, 5.41) is 4.04. The van der Waals surface area contributed by atoms with Crippen LogP contribution in [0.2, 0.25) is 0 Å². The van der Waals surface area contributed by atoms with Crippen molar-refractivity contribution in [1.29, 1.82) is 0 Å². The number of nitrogens with zero attached hydrogens (tertiary/aromatic N) is 1. The van der Waals surface area contributed by atoms with Crippen LogP contribution in [0.25, 0.3) is 17.0 Å². The summed E-state index contributed by atoms with van der Waals surface area (Å²) in [7, 11) is 0. The zero-order valence-electron chi connectivity index (χ0n) is 14.8. The molecule has 0 saturated carbocycles. The average molecular weight is 393 g/mol. The fraction of sp³-hybridized carbons (Fsp3) is 0.182. The number of thioether (sulfide) groups is 2. The summed E-state index contributed by atoms with van der Waals surface area (Å²) < 4.78 is 0.466. The fourth-order valence-corrected chi connectivity index (χ4v) is 5.93. The molecule has 1 aromatic heterocycles. The van der Waals surface area contributed by atoms with Crippen molar-refractivity contribution in [2.75, 3.05) is 16.8 Å². The fourth-order valence-electron chi connectivity index (χ4n) is 3.05. The first-order valence-electron chi connectivity index (χ1n) is 8.95. The Balaban J connectivity index is 1.47. The molecule has 136 valence electrons. The van der Waals surface area contributed by atoms with Crippen LogP contribution in [-0.4, -0.2) is 22.4 Å². The number of carbonyl (C=O) groups is 1. The maximum atomic E-state index is 12.4. The zero-order chi connectivity index (χ0) is 18.5. The molecule has 1 amide bonds. The standard InChI is InChI=1S/C22H20N2OS2/c25-20(11-10-17-6-1-5-16-8-3-12-23-21(16)17)24-19-9-2-7-18(15-19)22-26-13-4-14-27-22/h1-3,5-12,15,22H,4,13-14H2,(H,24,25)/b11-10+. The maximum Gasteiger partial charge on any atom is 0.248 e. The van der Waals surface area contributed by atoms with Crippen LogP contribution in [0.3, 0.4) is 0 Å². The van der Waals surface area contributed by atoms with Gasteiger partial charge in [0.15, 0.2) is 0 Å². The summed E-state index contributed by atoms with van der Waals surface area (Å²) >= 11 is 3.96. The summed E-state index contributed by atoms with van der Waals surface area (Å²) in [5.74, 6) is 2.27. The van der Waals surface area contributed by atoms with Crippen LogP contribution in [0.15, 0.2) is 66.9 Å². The molecule has 1 aliphatic rings. The van der Waals surface area contributed by atoms with Gasteiger partial charge in [-0.3, -0.25) is 9.78 Å². The van der Waals surface area contributed by atoms with E-state index in [-0.39, 0.29) is 5.91 Å². The van der Waals surface area contributed by atoms with Gasteiger partial charge in [0.25, 0.3) is 0 Å². The Kier molecular flexibility index (Phi) is 5.80. The molecule has 0 spiro atoms. The van der Waals surface area contributed by atoms with Crippen LogP contribution in [0, 0.1) is 0 Å². The maximum absolute atomic E-state index is 12.4. The second kappa shape index (κ2) is 8.63. The van der Waals surface area contributed by atoms with Gasteiger partial charge in [-0.15, -0.1) is 23.5 Å². The lowest BCUT2D eigenvalue weighted by atomic mass is 10.1. The quantitative estimate of drug-likeness (QED) is 0.574. The van der Waals surface area contributed by atoms with E-state index in [9.17, 15) is 4.79 Å². The van der Waals surface area contributed by atoms with Crippen molar-refractivity contribution in [2.45, 2.75) is 11.0 Å². The Morgan fingerprint density at radius 2 is 1.89 bits per heavy atom. The van der Waals surface area contributed by atoms with Crippen LogP contribution in [0.1, 0.15) is 22.1 Å². The van der Waals surface area contributed by atoms with Gasteiger partial charge in [0, 0.05) is 28.9 Å². The second-order valence-electron chi connectivity index (χ2n) is 6.30. The van der Waals surface area contributed by atoms with Crippen molar-refractivity contribution in [1.82, 2.24) is 4.98 Å². The first-order valence-corrected chi connectivity index (χ1v) is 11.1. The molecule has 1 fully saturated rings. The van der Waals surface area contributed by atoms with E-state index < -0.39 is 0 Å². The normalized spacial score (nSPS) is 15.3. The molecule has 3 nitrogen and oxygen atoms in total. The highest BCUT2D eigenvalue weighted by Gasteiger charge is 2.16. The van der Waals surface area contributed by atoms with Crippen LogP contribution in [-0.2, 0) is 4.79 Å². The van der Waals surface area contributed by atoms with Crippen LogP contribution in [0.5, 0.6) is 0 Å². The van der Waals surface area contributed by atoms with Gasteiger partial charge >= 0.3 is 0 Å². The molecule has 2 aromatic carbocycles. The topological polar surface area (TPSA) is 42.0 Å². The number of rotatable bonds is 4. The molecule has 4 rings (SSSR count). The van der Waals surface area contributed by atoms with E-state index in [0.29, 0.717) is 4.58 Å². The minimum atomic E-state index is -0.135. The van der Waals surface area contributed by atoms with Gasteiger partial charge in [0.1, 0.15) is 0 Å². The van der Waals surface area contributed by atoms with E-state index in [1.807, 2.05) is 72.1 Å². The third-order valence-electron chi connectivity index (χ3n) is 4.33. The lowest BCUT2D eigenvalue weighted by molar-refractivity contribution is -0.111. The highest BCUT2D eigenvalue weighted by atomic mass is 32.2. The molecule has 0 unspecified atom stereocenters. The number of hydrogen-bond donors (Lipinski definition) is 1. The lowest BCUT2D eigenvalue weighted by Crippen LogP contribution is -2.08. The molecule has 0 bridgehead atoms. The Bertz CT molecular complexity index is 975. The van der Waals surface area contributed by atoms with Gasteiger partial charge in [0.05, 0.1) is 10.1 Å². The molecule has 2 heterocycles. The number of nitrogens with one attached hydrogen (secondary N) is 1. The molecule has 0 radical (unpaired) electrons. The van der Waals surface area contributed by atoms with E-state index in [0.717, 1.165) is 22.2 Å². The highest BCUT2D eigenvalue weighted by Crippen LogP contribution is 2.44. The predicted octanol–water partition coefficient (Wildman–Crippen LogP) is 5.76. The summed E-state index contributed by atoms with van der Waals surface area (Å²) in [6, 6.07) is 18.1. The molecule has 0 atom stereocenters. The number of amides is 1. The number of pyridine rings is 1. The number of fused-ring (bicyclic) bond motifs is 1. The monoisotopic (exact) mass is 392 g/mol. The number of benzene rings is 2. The molecule has 5 heteroatoms. The van der Waals surface area contributed by atoms with E-state index >= 15 is 0 Å². The summed E-state index contributed by atoms with van der Waals surface area (Å²) in [5.41, 5.74) is 3.94. The summed E-state index contributed by atoms with van der Waals surface area (Å²) in [6.07, 6.45) is 6.43. The smallest absolute Gasteiger partial charge is 0.248 e. The molecule has 27 heavy (non-hydrogen) atoms.